The average molecular weight is 218 g/mol. The van der Waals surface area contributed by atoms with Gasteiger partial charge in [0, 0.05) is 37.1 Å². The van der Waals surface area contributed by atoms with E-state index >= 15 is 0 Å². The number of aromatic nitrogens is 1. The molecule has 2 unspecified atom stereocenters. The van der Waals surface area contributed by atoms with Crippen LogP contribution in [0.1, 0.15) is 19.4 Å². The Morgan fingerprint density at radius 1 is 1.50 bits per heavy atom. The quantitative estimate of drug-likeness (QED) is 0.819. The van der Waals surface area contributed by atoms with Crippen molar-refractivity contribution >= 4 is 5.84 Å². The average Bonchev–Trinajstić information content (AvgIpc) is 2.60. The fourth-order valence-electron chi connectivity index (χ4n) is 2.00. The van der Waals surface area contributed by atoms with Crippen LogP contribution in [0.5, 0.6) is 0 Å². The maximum Gasteiger partial charge on any atom is 0.131 e. The van der Waals surface area contributed by atoms with Crippen LogP contribution in [0.2, 0.25) is 0 Å². The highest BCUT2D eigenvalue weighted by atomic mass is 15.3. The second kappa shape index (κ2) is 4.61. The third kappa shape index (κ3) is 2.39. The van der Waals surface area contributed by atoms with E-state index in [1.165, 1.54) is 0 Å². The van der Waals surface area contributed by atoms with Gasteiger partial charge < -0.3 is 10.6 Å². The van der Waals surface area contributed by atoms with Crippen LogP contribution in [0.25, 0.3) is 0 Å². The molecule has 2 atom stereocenters. The highest BCUT2D eigenvalue weighted by molar-refractivity contribution is 5.99. The first-order chi connectivity index (χ1) is 7.66. The van der Waals surface area contributed by atoms with Crippen molar-refractivity contribution in [1.82, 2.24) is 9.88 Å². The van der Waals surface area contributed by atoms with Gasteiger partial charge >= 0.3 is 0 Å². The van der Waals surface area contributed by atoms with Gasteiger partial charge in [-0.3, -0.25) is 9.98 Å². The number of nitrogens with zero attached hydrogens (tertiary/aromatic N) is 3. The third-order valence-corrected chi connectivity index (χ3v) is 2.57. The molecule has 2 heterocycles. The van der Waals surface area contributed by atoms with Gasteiger partial charge in [-0.25, -0.2) is 0 Å². The van der Waals surface area contributed by atoms with Crippen LogP contribution >= 0.6 is 0 Å². The van der Waals surface area contributed by atoms with Gasteiger partial charge in [-0.05, 0) is 26.0 Å². The lowest BCUT2D eigenvalue weighted by Gasteiger charge is -2.22. The lowest BCUT2D eigenvalue weighted by atomic mass is 10.2. The first kappa shape index (κ1) is 11.1. The first-order valence-corrected chi connectivity index (χ1v) is 5.65. The minimum absolute atomic E-state index is 0.164. The Kier molecular flexibility index (Phi) is 3.19. The van der Waals surface area contributed by atoms with Crippen LogP contribution in [0, 0.1) is 0 Å². The lowest BCUT2D eigenvalue weighted by Crippen LogP contribution is -2.38. The van der Waals surface area contributed by atoms with Gasteiger partial charge in [-0.2, -0.15) is 0 Å². The SMILES string of the molecule is CC(N)CN1CC(C)N=C1c1ccncc1. The molecule has 4 heteroatoms. The van der Waals surface area contributed by atoms with E-state index in [0.29, 0.717) is 6.04 Å². The zero-order chi connectivity index (χ0) is 11.5. The van der Waals surface area contributed by atoms with E-state index < -0.39 is 0 Å². The summed E-state index contributed by atoms with van der Waals surface area (Å²) in [4.78, 5) is 10.9. The van der Waals surface area contributed by atoms with Gasteiger partial charge in [0.05, 0.1) is 6.04 Å². The van der Waals surface area contributed by atoms with Crippen molar-refractivity contribution in [2.24, 2.45) is 10.7 Å². The third-order valence-electron chi connectivity index (χ3n) is 2.57. The van der Waals surface area contributed by atoms with Gasteiger partial charge in [0.15, 0.2) is 0 Å². The topological polar surface area (TPSA) is 54.5 Å². The van der Waals surface area contributed by atoms with E-state index in [9.17, 15) is 0 Å². The van der Waals surface area contributed by atoms with Gasteiger partial charge in [0.25, 0.3) is 0 Å². The molecule has 0 spiro atoms. The number of amidine groups is 1. The molecule has 0 amide bonds. The summed E-state index contributed by atoms with van der Waals surface area (Å²) in [6, 6.07) is 4.50. The summed E-state index contributed by atoms with van der Waals surface area (Å²) < 4.78 is 0. The largest absolute Gasteiger partial charge is 0.353 e. The zero-order valence-corrected chi connectivity index (χ0v) is 9.80. The van der Waals surface area contributed by atoms with Gasteiger partial charge in [-0.1, -0.05) is 0 Å². The maximum atomic E-state index is 5.85. The van der Waals surface area contributed by atoms with Crippen molar-refractivity contribution in [3.63, 3.8) is 0 Å². The molecule has 86 valence electrons. The number of hydrogen-bond donors (Lipinski definition) is 1. The Morgan fingerprint density at radius 2 is 2.19 bits per heavy atom. The predicted molar refractivity (Wildman–Crippen MR) is 65.5 cm³/mol. The molecular formula is C12H18N4. The number of pyridine rings is 1. The number of aliphatic imine (C=N–C) groups is 1. The standard InChI is InChI=1S/C12H18N4/c1-9(13)7-16-8-10(2)15-12(16)11-3-5-14-6-4-11/h3-6,9-10H,7-8,13H2,1-2H3. The van der Waals surface area contributed by atoms with Crippen molar-refractivity contribution < 1.29 is 0 Å². The summed E-state index contributed by atoms with van der Waals surface area (Å²) >= 11 is 0. The minimum Gasteiger partial charge on any atom is -0.353 e. The fraction of sp³-hybridized carbons (Fsp3) is 0.500. The Morgan fingerprint density at radius 3 is 2.81 bits per heavy atom. The first-order valence-electron chi connectivity index (χ1n) is 5.65. The molecule has 0 bridgehead atoms. The monoisotopic (exact) mass is 218 g/mol. The predicted octanol–water partition coefficient (Wildman–Crippen LogP) is 0.879. The van der Waals surface area contributed by atoms with Gasteiger partial charge in [0.2, 0.25) is 0 Å². The summed E-state index contributed by atoms with van der Waals surface area (Å²) in [5, 5.41) is 0. The van der Waals surface area contributed by atoms with Crippen molar-refractivity contribution in [3.8, 4) is 0 Å². The van der Waals surface area contributed by atoms with Crippen LogP contribution in [0.15, 0.2) is 29.5 Å². The molecule has 1 aromatic rings. The van der Waals surface area contributed by atoms with Crippen LogP contribution in [0.3, 0.4) is 0 Å². The molecule has 1 aliphatic rings. The van der Waals surface area contributed by atoms with Crippen molar-refractivity contribution in [3.05, 3.63) is 30.1 Å². The summed E-state index contributed by atoms with van der Waals surface area (Å²) in [6.07, 6.45) is 3.59. The summed E-state index contributed by atoms with van der Waals surface area (Å²) in [5.74, 6) is 1.05. The Balaban J connectivity index is 2.21. The van der Waals surface area contributed by atoms with Crippen molar-refractivity contribution in [1.29, 1.82) is 0 Å². The molecule has 0 aromatic carbocycles. The van der Waals surface area contributed by atoms with Crippen LogP contribution in [0.4, 0.5) is 0 Å². The number of hydrogen-bond acceptors (Lipinski definition) is 4. The summed E-state index contributed by atoms with van der Waals surface area (Å²) in [5.41, 5.74) is 6.97. The van der Waals surface area contributed by atoms with E-state index in [-0.39, 0.29) is 6.04 Å². The smallest absolute Gasteiger partial charge is 0.131 e. The molecule has 0 aliphatic carbocycles. The Bertz CT molecular complexity index is 372. The molecule has 1 aromatic heterocycles. The molecule has 2 N–H and O–H groups in total. The zero-order valence-electron chi connectivity index (χ0n) is 9.80. The van der Waals surface area contributed by atoms with Crippen LogP contribution in [-0.4, -0.2) is 40.9 Å². The molecule has 0 saturated carbocycles. The van der Waals surface area contributed by atoms with E-state index in [1.54, 1.807) is 12.4 Å². The van der Waals surface area contributed by atoms with Crippen LogP contribution in [-0.2, 0) is 0 Å². The van der Waals surface area contributed by atoms with Crippen molar-refractivity contribution in [2.75, 3.05) is 13.1 Å². The lowest BCUT2D eigenvalue weighted by molar-refractivity contribution is 0.405. The second-order valence-corrected chi connectivity index (χ2v) is 4.42. The van der Waals surface area contributed by atoms with E-state index in [4.69, 9.17) is 5.73 Å². The van der Waals surface area contributed by atoms with Crippen molar-refractivity contribution in [2.45, 2.75) is 25.9 Å². The number of nitrogens with two attached hydrogens (primary N) is 1. The molecule has 4 nitrogen and oxygen atoms in total. The van der Waals surface area contributed by atoms with Crippen LogP contribution < -0.4 is 5.73 Å². The van der Waals surface area contributed by atoms with Gasteiger partial charge in [-0.15, -0.1) is 0 Å². The van der Waals surface area contributed by atoms with Gasteiger partial charge in [0.1, 0.15) is 5.84 Å². The maximum absolute atomic E-state index is 5.85. The molecule has 0 saturated heterocycles. The normalized spacial score (nSPS) is 22.1. The molecule has 1 aliphatic heterocycles. The highest BCUT2D eigenvalue weighted by Crippen LogP contribution is 2.14. The molecule has 0 radical (unpaired) electrons. The second-order valence-electron chi connectivity index (χ2n) is 4.42. The number of rotatable bonds is 3. The summed E-state index contributed by atoms with van der Waals surface area (Å²) in [7, 11) is 0. The molecular weight excluding hydrogens is 200 g/mol. The van der Waals surface area contributed by atoms with E-state index in [1.807, 2.05) is 19.1 Å². The molecule has 0 fully saturated rings. The fourth-order valence-corrected chi connectivity index (χ4v) is 2.00. The molecule has 16 heavy (non-hydrogen) atoms. The molecule has 2 rings (SSSR count). The van der Waals surface area contributed by atoms with E-state index in [0.717, 1.165) is 24.5 Å². The summed E-state index contributed by atoms with van der Waals surface area (Å²) in [6.45, 7) is 5.96. The minimum atomic E-state index is 0.164. The Hall–Kier alpha value is -1.42. The Labute approximate surface area is 96.2 Å². The van der Waals surface area contributed by atoms with E-state index in [2.05, 4.69) is 21.8 Å². The highest BCUT2D eigenvalue weighted by Gasteiger charge is 2.23.